The van der Waals surface area contributed by atoms with Gasteiger partial charge in [0, 0.05) is 12.6 Å². The zero-order chi connectivity index (χ0) is 19.6. The molecule has 3 rings (SSSR count). The molecule has 1 aliphatic rings. The van der Waals surface area contributed by atoms with Crippen LogP contribution in [0.1, 0.15) is 24.2 Å². The highest BCUT2D eigenvalue weighted by molar-refractivity contribution is 7.89. The van der Waals surface area contributed by atoms with E-state index in [-0.39, 0.29) is 23.6 Å². The maximum atomic E-state index is 13.2. The molecule has 0 spiro atoms. The Morgan fingerprint density at radius 1 is 1.07 bits per heavy atom. The molecule has 2 aromatic rings. The van der Waals surface area contributed by atoms with Crippen molar-refractivity contribution in [1.29, 1.82) is 0 Å². The Hall–Kier alpha value is -2.09. The second-order valence-corrected chi connectivity index (χ2v) is 8.54. The second kappa shape index (κ2) is 7.88. The summed E-state index contributed by atoms with van der Waals surface area (Å²) in [6.45, 7) is 4.30. The number of benzene rings is 2. The zero-order valence-corrected chi connectivity index (χ0v) is 16.8. The van der Waals surface area contributed by atoms with E-state index in [2.05, 4.69) is 0 Å². The summed E-state index contributed by atoms with van der Waals surface area (Å²) >= 11 is 0. The predicted molar refractivity (Wildman–Crippen MR) is 103 cm³/mol. The molecule has 7 heteroatoms. The Bertz CT molecular complexity index is 895. The number of sulfonamides is 1. The van der Waals surface area contributed by atoms with E-state index in [1.165, 1.54) is 4.31 Å². The number of nitrogens with zero attached hydrogens (tertiary/aromatic N) is 1. The predicted octanol–water partition coefficient (Wildman–Crippen LogP) is 3.16. The number of methoxy groups -OCH3 is 2. The van der Waals surface area contributed by atoms with Crippen LogP contribution < -0.4 is 9.47 Å². The standard InChI is InChI=1S/C20H25NO5S/c1-14-11-18(9-10-19(14)25-4)27(22,23)21-12-20(26-13-15(21)2)16-5-7-17(24-3)8-6-16/h5-11,15,20H,12-13H2,1-4H3. The maximum absolute atomic E-state index is 13.2. The van der Waals surface area contributed by atoms with Crippen LogP contribution in [0.5, 0.6) is 11.5 Å². The van der Waals surface area contributed by atoms with Crippen LogP contribution in [0.3, 0.4) is 0 Å². The molecule has 2 atom stereocenters. The molecule has 0 aliphatic carbocycles. The molecule has 0 amide bonds. The van der Waals surface area contributed by atoms with Gasteiger partial charge in [-0.15, -0.1) is 0 Å². The smallest absolute Gasteiger partial charge is 0.243 e. The van der Waals surface area contributed by atoms with Crippen LogP contribution in [0.4, 0.5) is 0 Å². The third kappa shape index (κ3) is 3.95. The largest absolute Gasteiger partial charge is 0.497 e. The molecular weight excluding hydrogens is 366 g/mol. The second-order valence-electron chi connectivity index (χ2n) is 6.65. The van der Waals surface area contributed by atoms with Crippen LogP contribution in [-0.2, 0) is 14.8 Å². The lowest BCUT2D eigenvalue weighted by Gasteiger charge is -2.37. The lowest BCUT2D eigenvalue weighted by Crippen LogP contribution is -2.48. The minimum absolute atomic E-state index is 0.244. The molecule has 6 nitrogen and oxygen atoms in total. The molecule has 0 bridgehead atoms. The van der Waals surface area contributed by atoms with Gasteiger partial charge in [0.15, 0.2) is 0 Å². The third-order valence-electron chi connectivity index (χ3n) is 4.84. The van der Waals surface area contributed by atoms with E-state index in [0.29, 0.717) is 12.4 Å². The molecule has 27 heavy (non-hydrogen) atoms. The average molecular weight is 391 g/mol. The first-order chi connectivity index (χ1) is 12.9. The summed E-state index contributed by atoms with van der Waals surface area (Å²) in [5, 5.41) is 0. The summed E-state index contributed by atoms with van der Waals surface area (Å²) < 4.78 is 44.3. The van der Waals surface area contributed by atoms with Gasteiger partial charge >= 0.3 is 0 Å². The van der Waals surface area contributed by atoms with Gasteiger partial charge in [-0.3, -0.25) is 0 Å². The first kappa shape index (κ1) is 19.7. The summed E-state index contributed by atoms with van der Waals surface area (Å²) in [5.74, 6) is 1.42. The Morgan fingerprint density at radius 3 is 2.37 bits per heavy atom. The molecule has 0 radical (unpaired) electrons. The van der Waals surface area contributed by atoms with Crippen LogP contribution in [-0.4, -0.2) is 46.1 Å². The van der Waals surface area contributed by atoms with E-state index in [0.717, 1.165) is 16.9 Å². The van der Waals surface area contributed by atoms with E-state index in [1.54, 1.807) is 32.4 Å². The van der Waals surface area contributed by atoms with Crippen molar-refractivity contribution in [2.24, 2.45) is 0 Å². The molecule has 2 unspecified atom stereocenters. The highest BCUT2D eigenvalue weighted by atomic mass is 32.2. The van der Waals surface area contributed by atoms with E-state index < -0.39 is 10.0 Å². The fourth-order valence-corrected chi connectivity index (χ4v) is 4.94. The summed E-state index contributed by atoms with van der Waals surface area (Å²) in [4.78, 5) is 0.267. The molecule has 1 heterocycles. The van der Waals surface area contributed by atoms with Crippen molar-refractivity contribution in [2.75, 3.05) is 27.4 Å². The summed E-state index contributed by atoms with van der Waals surface area (Å²) in [5.41, 5.74) is 1.71. The van der Waals surface area contributed by atoms with Gasteiger partial charge in [-0.2, -0.15) is 4.31 Å². The summed E-state index contributed by atoms with van der Waals surface area (Å²) in [7, 11) is -0.460. The first-order valence-electron chi connectivity index (χ1n) is 8.79. The van der Waals surface area contributed by atoms with Crippen molar-refractivity contribution in [3.63, 3.8) is 0 Å². The number of hydrogen-bond acceptors (Lipinski definition) is 5. The van der Waals surface area contributed by atoms with Gasteiger partial charge < -0.3 is 14.2 Å². The molecular formula is C20H25NO5S. The van der Waals surface area contributed by atoms with Crippen molar-refractivity contribution in [3.8, 4) is 11.5 Å². The van der Waals surface area contributed by atoms with Gasteiger partial charge in [0.25, 0.3) is 0 Å². The molecule has 1 aliphatic heterocycles. The van der Waals surface area contributed by atoms with Gasteiger partial charge in [0.05, 0.1) is 31.8 Å². The summed E-state index contributed by atoms with van der Waals surface area (Å²) in [6.07, 6.45) is -0.318. The van der Waals surface area contributed by atoms with Gasteiger partial charge in [-0.25, -0.2) is 8.42 Å². The zero-order valence-electron chi connectivity index (χ0n) is 16.0. The van der Waals surface area contributed by atoms with Crippen LogP contribution in [0.25, 0.3) is 0 Å². The maximum Gasteiger partial charge on any atom is 0.243 e. The van der Waals surface area contributed by atoms with Gasteiger partial charge in [0.1, 0.15) is 11.5 Å². The number of hydrogen-bond donors (Lipinski definition) is 0. The topological polar surface area (TPSA) is 65.1 Å². The molecule has 1 saturated heterocycles. The number of aryl methyl sites for hydroxylation is 1. The minimum Gasteiger partial charge on any atom is -0.497 e. The highest BCUT2D eigenvalue weighted by Crippen LogP contribution is 2.31. The molecule has 2 aromatic carbocycles. The van der Waals surface area contributed by atoms with E-state index in [9.17, 15) is 8.42 Å². The van der Waals surface area contributed by atoms with E-state index >= 15 is 0 Å². The SMILES string of the molecule is COc1ccc(C2CN(S(=O)(=O)c3ccc(OC)c(C)c3)C(C)CO2)cc1. The van der Waals surface area contributed by atoms with Crippen molar-refractivity contribution >= 4 is 10.0 Å². The minimum atomic E-state index is -3.64. The lowest BCUT2D eigenvalue weighted by molar-refractivity contribution is -0.0288. The van der Waals surface area contributed by atoms with E-state index in [4.69, 9.17) is 14.2 Å². The lowest BCUT2D eigenvalue weighted by atomic mass is 10.1. The van der Waals surface area contributed by atoms with Crippen LogP contribution in [0, 0.1) is 6.92 Å². The van der Waals surface area contributed by atoms with Gasteiger partial charge in [-0.05, 0) is 55.3 Å². The van der Waals surface area contributed by atoms with Crippen LogP contribution >= 0.6 is 0 Å². The van der Waals surface area contributed by atoms with Gasteiger partial charge in [-0.1, -0.05) is 12.1 Å². The molecule has 0 saturated carbocycles. The van der Waals surface area contributed by atoms with Gasteiger partial charge in [0.2, 0.25) is 10.0 Å². The van der Waals surface area contributed by atoms with Crippen LogP contribution in [0.2, 0.25) is 0 Å². The Labute approximate surface area is 160 Å². The normalized spacial score (nSPS) is 21.0. The Kier molecular flexibility index (Phi) is 5.74. The van der Waals surface area contributed by atoms with Crippen molar-refractivity contribution in [3.05, 3.63) is 53.6 Å². The quantitative estimate of drug-likeness (QED) is 0.783. The molecule has 0 aromatic heterocycles. The monoisotopic (exact) mass is 391 g/mol. The average Bonchev–Trinajstić information content (AvgIpc) is 2.68. The summed E-state index contributed by atoms with van der Waals surface area (Å²) in [6, 6.07) is 12.2. The van der Waals surface area contributed by atoms with Crippen molar-refractivity contribution in [1.82, 2.24) is 4.31 Å². The van der Waals surface area contributed by atoms with Crippen molar-refractivity contribution in [2.45, 2.75) is 30.9 Å². The first-order valence-corrected chi connectivity index (χ1v) is 10.2. The molecule has 146 valence electrons. The Morgan fingerprint density at radius 2 is 1.78 bits per heavy atom. The van der Waals surface area contributed by atoms with Crippen LogP contribution in [0.15, 0.2) is 47.4 Å². The number of rotatable bonds is 5. The fraction of sp³-hybridized carbons (Fsp3) is 0.400. The molecule has 1 fully saturated rings. The van der Waals surface area contributed by atoms with E-state index in [1.807, 2.05) is 38.1 Å². The number of ether oxygens (including phenoxy) is 3. The third-order valence-corrected chi connectivity index (χ3v) is 6.81. The molecule has 0 N–H and O–H groups in total. The van der Waals surface area contributed by atoms with Crippen molar-refractivity contribution < 1.29 is 22.6 Å². The fourth-order valence-electron chi connectivity index (χ4n) is 3.24. The number of morpholine rings is 1. The Balaban J connectivity index is 1.87. The highest BCUT2D eigenvalue weighted by Gasteiger charge is 2.36.